The highest BCUT2D eigenvalue weighted by molar-refractivity contribution is 5.14. The molecule has 18 heavy (non-hydrogen) atoms. The standard InChI is InChI=1S/C12H18F3N3/c1-2-9-3-4-10(17-8-9)7-11(18-16)5-6-12(13,14)15/h3-4,8,11,18H,2,5-7,16H2,1H3. The number of pyridine rings is 1. The Labute approximate surface area is 105 Å². The van der Waals surface area contributed by atoms with E-state index >= 15 is 0 Å². The van der Waals surface area contributed by atoms with Crippen LogP contribution in [0.4, 0.5) is 13.2 Å². The zero-order chi connectivity index (χ0) is 13.6. The van der Waals surface area contributed by atoms with Crippen molar-refractivity contribution in [2.75, 3.05) is 0 Å². The van der Waals surface area contributed by atoms with Crippen LogP contribution in [0.15, 0.2) is 18.3 Å². The van der Waals surface area contributed by atoms with Gasteiger partial charge in [0, 0.05) is 30.8 Å². The van der Waals surface area contributed by atoms with E-state index in [4.69, 9.17) is 5.84 Å². The molecule has 0 fully saturated rings. The minimum atomic E-state index is -4.14. The number of rotatable bonds is 6. The third-order valence-corrected chi connectivity index (χ3v) is 2.76. The minimum Gasteiger partial charge on any atom is -0.271 e. The molecule has 1 aromatic rings. The molecule has 0 aliphatic rings. The third kappa shape index (κ3) is 5.46. The van der Waals surface area contributed by atoms with Gasteiger partial charge in [0.15, 0.2) is 0 Å². The van der Waals surface area contributed by atoms with Crippen molar-refractivity contribution in [2.24, 2.45) is 5.84 Å². The average Bonchev–Trinajstić information content (AvgIpc) is 2.34. The lowest BCUT2D eigenvalue weighted by Gasteiger charge is -2.16. The van der Waals surface area contributed by atoms with Crippen LogP contribution in [0.25, 0.3) is 0 Å². The molecule has 1 rings (SSSR count). The van der Waals surface area contributed by atoms with Crippen molar-refractivity contribution in [1.82, 2.24) is 10.4 Å². The summed E-state index contributed by atoms with van der Waals surface area (Å²) in [5, 5.41) is 0. The number of nitrogens with one attached hydrogen (secondary N) is 1. The normalized spacial score (nSPS) is 13.6. The molecule has 0 aromatic carbocycles. The SMILES string of the molecule is CCc1ccc(CC(CCC(F)(F)F)NN)nc1. The van der Waals surface area contributed by atoms with Gasteiger partial charge in [-0.3, -0.25) is 16.3 Å². The van der Waals surface area contributed by atoms with Crippen LogP contribution in [0.2, 0.25) is 0 Å². The van der Waals surface area contributed by atoms with Crippen LogP contribution in [0.3, 0.4) is 0 Å². The molecule has 6 heteroatoms. The molecule has 0 spiro atoms. The highest BCUT2D eigenvalue weighted by atomic mass is 19.4. The quantitative estimate of drug-likeness (QED) is 0.610. The van der Waals surface area contributed by atoms with E-state index in [0.717, 1.165) is 17.7 Å². The number of hydrogen-bond acceptors (Lipinski definition) is 3. The summed E-state index contributed by atoms with van der Waals surface area (Å²) >= 11 is 0. The molecule has 1 atom stereocenters. The maximum absolute atomic E-state index is 12.1. The van der Waals surface area contributed by atoms with Crippen molar-refractivity contribution in [3.8, 4) is 0 Å². The average molecular weight is 261 g/mol. The lowest BCUT2D eigenvalue weighted by atomic mass is 10.1. The highest BCUT2D eigenvalue weighted by Crippen LogP contribution is 2.22. The summed E-state index contributed by atoms with van der Waals surface area (Å²) in [7, 11) is 0. The second kappa shape index (κ2) is 6.70. The molecule has 3 N–H and O–H groups in total. The van der Waals surface area contributed by atoms with Crippen molar-refractivity contribution in [1.29, 1.82) is 0 Å². The molecule has 1 aromatic heterocycles. The van der Waals surface area contributed by atoms with Crippen LogP contribution in [0.1, 0.15) is 31.0 Å². The van der Waals surface area contributed by atoms with Gasteiger partial charge in [0.25, 0.3) is 0 Å². The van der Waals surface area contributed by atoms with Crippen molar-refractivity contribution in [3.63, 3.8) is 0 Å². The summed E-state index contributed by atoms with van der Waals surface area (Å²) in [5.41, 5.74) is 4.26. The first-order chi connectivity index (χ1) is 8.44. The number of hydrazine groups is 1. The molecule has 0 saturated carbocycles. The maximum atomic E-state index is 12.1. The van der Waals surface area contributed by atoms with Crippen LogP contribution in [-0.2, 0) is 12.8 Å². The van der Waals surface area contributed by atoms with Gasteiger partial charge >= 0.3 is 6.18 Å². The van der Waals surface area contributed by atoms with Crippen molar-refractivity contribution < 1.29 is 13.2 Å². The van der Waals surface area contributed by atoms with Gasteiger partial charge in [-0.15, -0.1) is 0 Å². The van der Waals surface area contributed by atoms with E-state index in [1.807, 2.05) is 19.1 Å². The van der Waals surface area contributed by atoms with Crippen molar-refractivity contribution in [3.05, 3.63) is 29.6 Å². The number of nitrogens with zero attached hydrogens (tertiary/aromatic N) is 1. The van der Waals surface area contributed by atoms with Gasteiger partial charge in [0.1, 0.15) is 0 Å². The first-order valence-corrected chi connectivity index (χ1v) is 5.91. The van der Waals surface area contributed by atoms with E-state index in [-0.39, 0.29) is 6.42 Å². The van der Waals surface area contributed by atoms with E-state index in [1.54, 1.807) is 6.20 Å². The van der Waals surface area contributed by atoms with Gasteiger partial charge in [-0.25, -0.2) is 0 Å². The van der Waals surface area contributed by atoms with Gasteiger partial charge in [0.2, 0.25) is 0 Å². The summed E-state index contributed by atoms with van der Waals surface area (Å²) in [5.74, 6) is 5.26. The van der Waals surface area contributed by atoms with Gasteiger partial charge in [-0.05, 0) is 24.5 Å². The molecule has 0 amide bonds. The van der Waals surface area contributed by atoms with Crippen LogP contribution >= 0.6 is 0 Å². The largest absolute Gasteiger partial charge is 0.389 e. The van der Waals surface area contributed by atoms with Crippen LogP contribution < -0.4 is 11.3 Å². The van der Waals surface area contributed by atoms with E-state index in [9.17, 15) is 13.2 Å². The summed E-state index contributed by atoms with van der Waals surface area (Å²) in [6.45, 7) is 2.02. The number of halogens is 3. The Morgan fingerprint density at radius 1 is 1.39 bits per heavy atom. The molecular formula is C12H18F3N3. The summed E-state index contributed by atoms with van der Waals surface area (Å²) in [6, 6.07) is 3.35. The van der Waals surface area contributed by atoms with Gasteiger partial charge < -0.3 is 0 Å². The van der Waals surface area contributed by atoms with Gasteiger partial charge in [0.05, 0.1) is 0 Å². The van der Waals surface area contributed by atoms with E-state index in [1.165, 1.54) is 0 Å². The lowest BCUT2D eigenvalue weighted by Crippen LogP contribution is -2.37. The first kappa shape index (κ1) is 14.9. The lowest BCUT2D eigenvalue weighted by molar-refractivity contribution is -0.136. The van der Waals surface area contributed by atoms with E-state index in [0.29, 0.717) is 6.42 Å². The van der Waals surface area contributed by atoms with Crippen LogP contribution in [-0.4, -0.2) is 17.2 Å². The zero-order valence-electron chi connectivity index (χ0n) is 10.3. The second-order valence-corrected chi connectivity index (χ2v) is 4.23. The molecule has 0 aliphatic heterocycles. The monoisotopic (exact) mass is 261 g/mol. The number of aromatic nitrogens is 1. The van der Waals surface area contributed by atoms with Gasteiger partial charge in [-0.2, -0.15) is 13.2 Å². The van der Waals surface area contributed by atoms with Crippen molar-refractivity contribution in [2.45, 2.75) is 44.8 Å². The molecular weight excluding hydrogens is 243 g/mol. The van der Waals surface area contributed by atoms with Gasteiger partial charge in [-0.1, -0.05) is 13.0 Å². The summed E-state index contributed by atoms with van der Waals surface area (Å²) in [6.07, 6.45) is -2.00. The molecule has 0 bridgehead atoms. The van der Waals surface area contributed by atoms with Crippen LogP contribution in [0, 0.1) is 0 Å². The Morgan fingerprint density at radius 2 is 2.11 bits per heavy atom. The fourth-order valence-electron chi connectivity index (χ4n) is 1.62. The fraction of sp³-hybridized carbons (Fsp3) is 0.583. The highest BCUT2D eigenvalue weighted by Gasteiger charge is 2.28. The molecule has 0 saturated heterocycles. The maximum Gasteiger partial charge on any atom is 0.389 e. The Balaban J connectivity index is 2.51. The smallest absolute Gasteiger partial charge is 0.271 e. The molecule has 1 unspecified atom stereocenters. The zero-order valence-corrected chi connectivity index (χ0v) is 10.3. The predicted molar refractivity (Wildman–Crippen MR) is 63.7 cm³/mol. The molecule has 102 valence electrons. The predicted octanol–water partition coefficient (Wildman–Crippen LogP) is 2.36. The number of aryl methyl sites for hydroxylation is 1. The third-order valence-electron chi connectivity index (χ3n) is 2.76. The van der Waals surface area contributed by atoms with E-state index < -0.39 is 18.6 Å². The Hall–Kier alpha value is -1.14. The summed E-state index contributed by atoms with van der Waals surface area (Å²) in [4.78, 5) is 4.20. The molecule has 3 nitrogen and oxygen atoms in total. The fourth-order valence-corrected chi connectivity index (χ4v) is 1.62. The Kier molecular flexibility index (Phi) is 5.55. The Bertz CT molecular complexity index is 349. The first-order valence-electron chi connectivity index (χ1n) is 5.91. The minimum absolute atomic E-state index is 0.0444. The van der Waals surface area contributed by atoms with Crippen LogP contribution in [0.5, 0.6) is 0 Å². The summed E-state index contributed by atoms with van der Waals surface area (Å²) < 4.78 is 36.3. The topological polar surface area (TPSA) is 50.9 Å². The van der Waals surface area contributed by atoms with Crippen molar-refractivity contribution >= 4 is 0 Å². The molecule has 0 radical (unpaired) electrons. The number of alkyl halides is 3. The molecule has 1 heterocycles. The Morgan fingerprint density at radius 3 is 2.56 bits per heavy atom. The van der Waals surface area contributed by atoms with E-state index in [2.05, 4.69) is 10.4 Å². The second-order valence-electron chi connectivity index (χ2n) is 4.23. The molecule has 0 aliphatic carbocycles. The number of nitrogens with two attached hydrogens (primary N) is 1. The number of hydrogen-bond donors (Lipinski definition) is 2.